The Balaban J connectivity index is 0.000000410. The van der Waals surface area contributed by atoms with E-state index in [-0.39, 0.29) is 14.9 Å². The Kier molecular flexibility index (Phi) is 10.9. The molecule has 0 aliphatic rings. The van der Waals surface area contributed by atoms with Gasteiger partial charge in [-0.3, -0.25) is 0 Å². The summed E-state index contributed by atoms with van der Waals surface area (Å²) < 4.78 is 0. The summed E-state index contributed by atoms with van der Waals surface area (Å²) >= 11 is 1.36. The molecule has 0 saturated carbocycles. The molecular formula is C24H28SiZr-4. The van der Waals surface area contributed by atoms with Crippen molar-refractivity contribution in [3.05, 3.63) is 97.8 Å². The fourth-order valence-electron chi connectivity index (χ4n) is 3.04. The van der Waals surface area contributed by atoms with E-state index in [9.17, 15) is 0 Å². The molecule has 0 aliphatic heterocycles. The van der Waals surface area contributed by atoms with Crippen LogP contribution < -0.4 is 0 Å². The number of rotatable bonds is 0. The van der Waals surface area contributed by atoms with Gasteiger partial charge in [0.05, 0.1) is 0 Å². The van der Waals surface area contributed by atoms with Crippen molar-refractivity contribution in [2.75, 3.05) is 0 Å². The Morgan fingerprint density at radius 2 is 0.923 bits per heavy atom. The number of hydrogen-bond acceptors (Lipinski definition) is 0. The molecule has 26 heavy (non-hydrogen) atoms. The summed E-state index contributed by atoms with van der Waals surface area (Å²) in [5, 5.41) is 5.51. The third-order valence-electron chi connectivity index (χ3n) is 4.66. The van der Waals surface area contributed by atoms with Crippen molar-refractivity contribution in [2.45, 2.75) is 27.7 Å². The van der Waals surface area contributed by atoms with E-state index in [1.54, 1.807) is 0 Å². The van der Waals surface area contributed by atoms with Gasteiger partial charge in [-0.1, -0.05) is 39.8 Å². The molecule has 0 nitrogen and oxygen atoms in total. The van der Waals surface area contributed by atoms with Gasteiger partial charge >= 0.3 is 30.2 Å². The second-order valence-electron chi connectivity index (χ2n) is 6.08. The molecular weight excluding hydrogens is 408 g/mol. The molecule has 0 N–H and O–H groups in total. The zero-order chi connectivity index (χ0) is 17.7. The molecule has 0 aliphatic carbocycles. The molecule has 136 valence electrons. The molecule has 0 atom stereocenters. The average molecular weight is 436 g/mol. The fourth-order valence-corrected chi connectivity index (χ4v) is 3.04. The molecule has 0 unspecified atom stereocenters. The van der Waals surface area contributed by atoms with E-state index in [1.165, 1.54) is 67.1 Å². The monoisotopic (exact) mass is 434 g/mol. The molecule has 0 spiro atoms. The maximum absolute atomic E-state index is 3.06. The minimum absolute atomic E-state index is 0. The molecule has 4 aromatic rings. The second-order valence-corrected chi connectivity index (χ2v) is 6.08. The van der Waals surface area contributed by atoms with E-state index in [4.69, 9.17) is 0 Å². The van der Waals surface area contributed by atoms with Crippen molar-refractivity contribution in [2.24, 2.45) is 0 Å². The first-order valence-electron chi connectivity index (χ1n) is 8.06. The molecule has 4 aromatic carbocycles. The Hall–Kier alpha value is -1.24. The molecule has 0 fully saturated rings. The van der Waals surface area contributed by atoms with Gasteiger partial charge in [-0.05, 0) is 0 Å². The van der Waals surface area contributed by atoms with Crippen molar-refractivity contribution in [1.29, 1.82) is 0 Å². The Labute approximate surface area is 176 Å². The molecule has 0 saturated heterocycles. The Morgan fingerprint density at radius 1 is 0.615 bits per heavy atom. The minimum atomic E-state index is 0. The maximum atomic E-state index is 3.06. The standard InChI is InChI=1S/2C11H11.2CH3.Si.Zr/c2*1-8-7-10-5-3-4-6-11(10)9(8)2;;;;/h2*3-7H,1-2H3;2*1H3;;/q4*-1;;. The summed E-state index contributed by atoms with van der Waals surface area (Å²) in [6.07, 6.45) is 0. The normalized spacial score (nSPS) is 9.19. The fraction of sp³-hybridized carbons (Fsp3) is 0.167. The third kappa shape index (κ3) is 5.38. The van der Waals surface area contributed by atoms with Gasteiger partial charge in [0.2, 0.25) is 0 Å². The van der Waals surface area contributed by atoms with Crippen LogP contribution in [0.15, 0.2) is 60.7 Å². The quantitative estimate of drug-likeness (QED) is 0.209. The molecule has 0 aromatic heterocycles. The van der Waals surface area contributed by atoms with Gasteiger partial charge in [0.15, 0.2) is 0 Å². The van der Waals surface area contributed by atoms with Crippen LogP contribution in [0.2, 0.25) is 0 Å². The summed E-state index contributed by atoms with van der Waals surface area (Å²) in [7, 11) is 0. The van der Waals surface area contributed by atoms with Crippen molar-refractivity contribution in [3.8, 4) is 0 Å². The van der Waals surface area contributed by atoms with Gasteiger partial charge in [0.1, 0.15) is 0 Å². The third-order valence-corrected chi connectivity index (χ3v) is 4.66. The van der Waals surface area contributed by atoms with Crippen LogP contribution in [0.1, 0.15) is 22.3 Å². The van der Waals surface area contributed by atoms with Gasteiger partial charge in [0, 0.05) is 0 Å². The van der Waals surface area contributed by atoms with Gasteiger partial charge in [-0.2, -0.15) is 11.1 Å². The van der Waals surface area contributed by atoms with Gasteiger partial charge < -0.3 is 14.9 Å². The SMILES string of the molecule is Cc1[cH-]c2ccccc2c1C.Cc1[cH-]c2ccccc2c1C.[CH3-].[CH3-].[Si]=[Zr]. The first kappa shape index (κ1) is 24.8. The first-order valence-corrected chi connectivity index (χ1v) is 12.2. The van der Waals surface area contributed by atoms with Crippen LogP contribution in [0.3, 0.4) is 0 Å². The van der Waals surface area contributed by atoms with Crippen LogP contribution in [-0.4, -0.2) is 6.88 Å². The zero-order valence-corrected chi connectivity index (χ0v) is 20.2. The van der Waals surface area contributed by atoms with E-state index in [1.807, 2.05) is 0 Å². The molecule has 4 rings (SSSR count). The molecule has 0 heterocycles. The predicted octanol–water partition coefficient (Wildman–Crippen LogP) is 6.87. The zero-order valence-electron chi connectivity index (χ0n) is 16.8. The summed E-state index contributed by atoms with van der Waals surface area (Å²) in [5.74, 6) is 0. The van der Waals surface area contributed by atoms with Gasteiger partial charge in [-0.25, -0.2) is 0 Å². The molecule has 0 amide bonds. The van der Waals surface area contributed by atoms with E-state index in [2.05, 4.69) is 95.2 Å². The Morgan fingerprint density at radius 3 is 1.23 bits per heavy atom. The number of aryl methyl sites for hydroxylation is 4. The summed E-state index contributed by atoms with van der Waals surface area (Å²) in [6, 6.07) is 21.5. The topological polar surface area (TPSA) is 0 Å². The van der Waals surface area contributed by atoms with Gasteiger partial charge in [-0.15, -0.1) is 81.2 Å². The Bertz CT molecular complexity index is 865. The van der Waals surface area contributed by atoms with Gasteiger partial charge in [0.25, 0.3) is 0 Å². The number of benzene rings is 2. The van der Waals surface area contributed by atoms with Crippen LogP contribution in [0, 0.1) is 42.5 Å². The molecule has 2 radical (unpaired) electrons. The summed E-state index contributed by atoms with van der Waals surface area (Å²) in [5.41, 5.74) is 5.62. The molecule has 2 heteroatoms. The van der Waals surface area contributed by atoms with E-state index in [0.717, 1.165) is 0 Å². The predicted molar refractivity (Wildman–Crippen MR) is 117 cm³/mol. The van der Waals surface area contributed by atoms with Crippen LogP contribution in [0.5, 0.6) is 0 Å². The first-order chi connectivity index (χ1) is 11.6. The van der Waals surface area contributed by atoms with E-state index < -0.39 is 0 Å². The van der Waals surface area contributed by atoms with E-state index in [0.29, 0.717) is 0 Å². The summed E-state index contributed by atoms with van der Waals surface area (Å²) in [6.45, 7) is 11.7. The van der Waals surface area contributed by atoms with Crippen LogP contribution in [0.4, 0.5) is 0 Å². The average Bonchev–Trinajstić information content (AvgIpc) is 3.07. The van der Waals surface area contributed by atoms with Crippen molar-refractivity contribution in [1.82, 2.24) is 0 Å². The summed E-state index contributed by atoms with van der Waals surface area (Å²) in [4.78, 5) is 0. The van der Waals surface area contributed by atoms with Crippen molar-refractivity contribution < 1.29 is 23.3 Å². The van der Waals surface area contributed by atoms with Crippen LogP contribution >= 0.6 is 0 Å². The van der Waals surface area contributed by atoms with E-state index >= 15 is 0 Å². The van der Waals surface area contributed by atoms with Crippen molar-refractivity contribution in [3.63, 3.8) is 0 Å². The number of hydrogen-bond donors (Lipinski definition) is 0. The van der Waals surface area contributed by atoms with Crippen LogP contribution in [-0.2, 0) is 23.3 Å². The van der Waals surface area contributed by atoms with Crippen molar-refractivity contribution >= 4 is 28.4 Å². The second kappa shape index (κ2) is 11.5. The van der Waals surface area contributed by atoms with Crippen LogP contribution in [0.25, 0.3) is 21.5 Å². The number of fused-ring (bicyclic) bond motifs is 2. The molecule has 0 bridgehead atoms.